The molecule has 2 aliphatic rings. The quantitative estimate of drug-likeness (QED) is 0.313. The Morgan fingerprint density at radius 1 is 1.07 bits per heavy atom. The molecule has 2 aromatic rings. The summed E-state index contributed by atoms with van der Waals surface area (Å²) in [6.07, 6.45) is 3.91. The van der Waals surface area contributed by atoms with E-state index in [-0.39, 0.29) is 18.4 Å². The van der Waals surface area contributed by atoms with Crippen molar-refractivity contribution in [2.75, 3.05) is 13.2 Å². The zero-order valence-corrected chi connectivity index (χ0v) is 26.3. The highest BCUT2D eigenvalue weighted by molar-refractivity contribution is 5.99. The van der Waals surface area contributed by atoms with Gasteiger partial charge in [0.05, 0.1) is 12.7 Å². The zero-order chi connectivity index (χ0) is 31.4. The van der Waals surface area contributed by atoms with E-state index in [1.54, 1.807) is 41.5 Å². The molecule has 0 radical (unpaired) electrons. The van der Waals surface area contributed by atoms with Crippen LogP contribution in [0.1, 0.15) is 97.6 Å². The predicted octanol–water partition coefficient (Wildman–Crippen LogP) is 5.93. The average Bonchev–Trinajstić information content (AvgIpc) is 3.52. The number of aromatic nitrogens is 2. The number of alkyl carbamates (subject to hydrolysis) is 1. The van der Waals surface area contributed by atoms with Gasteiger partial charge in [0.2, 0.25) is 11.8 Å². The Labute approximate surface area is 253 Å². The number of hydrogen-bond acceptors (Lipinski definition) is 9. The molecule has 2 fully saturated rings. The van der Waals surface area contributed by atoms with Crippen molar-refractivity contribution in [1.82, 2.24) is 20.4 Å². The summed E-state index contributed by atoms with van der Waals surface area (Å²) in [4.78, 5) is 35.5. The van der Waals surface area contributed by atoms with Gasteiger partial charge in [-0.3, -0.25) is 5.32 Å². The van der Waals surface area contributed by atoms with Gasteiger partial charge in [-0.15, -0.1) is 4.99 Å². The Kier molecular flexibility index (Phi) is 9.99. The van der Waals surface area contributed by atoms with E-state index in [4.69, 9.17) is 18.7 Å². The molecule has 1 aromatic carbocycles. The Morgan fingerprint density at radius 3 is 2.42 bits per heavy atom. The third-order valence-electron chi connectivity index (χ3n) is 7.17. The number of aryl methyl sites for hydroxylation is 1. The van der Waals surface area contributed by atoms with Crippen LogP contribution in [0.2, 0.25) is 0 Å². The lowest BCUT2D eigenvalue weighted by molar-refractivity contribution is 0.0546. The first-order chi connectivity index (χ1) is 20.2. The van der Waals surface area contributed by atoms with Crippen LogP contribution in [0.4, 0.5) is 9.59 Å². The molecule has 0 bridgehead atoms. The number of carbonyl (C=O) groups excluding carboxylic acids is 2. The largest absolute Gasteiger partial charge is 0.493 e. The van der Waals surface area contributed by atoms with Gasteiger partial charge in [-0.1, -0.05) is 24.4 Å². The van der Waals surface area contributed by atoms with Crippen molar-refractivity contribution < 1.29 is 33.4 Å². The number of hydrogen-bond donors (Lipinski definition) is 2. The number of ether oxygens (including phenoxy) is 3. The average molecular weight is 600 g/mol. The lowest BCUT2D eigenvalue weighted by Crippen LogP contribution is -2.47. The number of nitrogens with zero attached hydrogens (tertiary/aromatic N) is 4. The van der Waals surface area contributed by atoms with Gasteiger partial charge in [-0.05, 0) is 97.4 Å². The van der Waals surface area contributed by atoms with Crippen molar-refractivity contribution in [3.05, 3.63) is 29.7 Å². The molecule has 236 valence electrons. The first kappa shape index (κ1) is 32.2. The molecule has 0 unspecified atom stereocenters. The fraction of sp³-hybridized carbons (Fsp3) is 0.645. The van der Waals surface area contributed by atoms with Crippen molar-refractivity contribution in [2.45, 2.75) is 110 Å². The molecule has 1 saturated carbocycles. The smallest absolute Gasteiger partial charge is 0.437 e. The van der Waals surface area contributed by atoms with Crippen LogP contribution in [-0.4, -0.2) is 68.8 Å². The minimum absolute atomic E-state index is 0.109. The Bertz CT molecular complexity index is 1300. The number of carbonyl (C=O) groups is 2. The van der Waals surface area contributed by atoms with Crippen LogP contribution < -0.4 is 10.1 Å². The lowest BCUT2D eigenvalue weighted by atomic mass is 9.90. The molecule has 4 rings (SSSR count). The number of benzene rings is 1. The predicted molar refractivity (Wildman–Crippen MR) is 160 cm³/mol. The van der Waals surface area contributed by atoms with Crippen LogP contribution in [0, 0.1) is 12.8 Å². The van der Waals surface area contributed by atoms with E-state index in [1.807, 2.05) is 25.1 Å². The Morgan fingerprint density at radius 2 is 1.77 bits per heavy atom. The molecule has 2 heterocycles. The second kappa shape index (κ2) is 13.3. The Balaban J connectivity index is 1.54. The van der Waals surface area contributed by atoms with Crippen LogP contribution in [0.15, 0.2) is 27.7 Å². The summed E-state index contributed by atoms with van der Waals surface area (Å²) in [5.74, 6) is 1.72. The molecule has 1 aliphatic heterocycles. The standard InChI is InChI=1S/C31H45N5O7/c1-19-17-21(13-14-23(19)40-18-20-11-9-8-10-12-20)25-32-26(43-35-25)24-22(37)15-16-36(24)27(33-28(38)41-30(2,3)4)34-29(39)42-31(5,6)7/h13-14,17,20,22,24,37H,8-12,15-16,18H2,1-7H3,(H,33,34,38,39)/t22-,24-/m0/s1. The van der Waals surface area contributed by atoms with Gasteiger partial charge in [-0.25, -0.2) is 9.59 Å². The monoisotopic (exact) mass is 599 g/mol. The number of likely N-dealkylation sites (tertiary alicyclic amines) is 1. The van der Waals surface area contributed by atoms with Crippen molar-refractivity contribution in [3.63, 3.8) is 0 Å². The van der Waals surface area contributed by atoms with Gasteiger partial charge in [-0.2, -0.15) is 4.98 Å². The lowest BCUT2D eigenvalue weighted by Gasteiger charge is -2.28. The molecule has 0 spiro atoms. The first-order valence-electron chi connectivity index (χ1n) is 15.0. The summed E-state index contributed by atoms with van der Waals surface area (Å²) in [5.41, 5.74) is 0.0834. The number of guanidine groups is 1. The highest BCUT2D eigenvalue weighted by Crippen LogP contribution is 2.34. The number of amides is 2. The van der Waals surface area contributed by atoms with Crippen molar-refractivity contribution in [2.24, 2.45) is 10.9 Å². The van der Waals surface area contributed by atoms with Gasteiger partial charge in [0.15, 0.2) is 0 Å². The van der Waals surface area contributed by atoms with Gasteiger partial charge in [0, 0.05) is 12.1 Å². The normalized spacial score (nSPS) is 20.2. The van der Waals surface area contributed by atoms with E-state index in [1.165, 1.54) is 37.0 Å². The van der Waals surface area contributed by atoms with E-state index >= 15 is 0 Å². The summed E-state index contributed by atoms with van der Waals surface area (Å²) in [6.45, 7) is 13.2. The zero-order valence-electron chi connectivity index (χ0n) is 26.3. The highest BCUT2D eigenvalue weighted by atomic mass is 16.6. The van der Waals surface area contributed by atoms with E-state index in [2.05, 4.69) is 20.4 Å². The van der Waals surface area contributed by atoms with Gasteiger partial charge >= 0.3 is 12.2 Å². The highest BCUT2D eigenvalue weighted by Gasteiger charge is 2.41. The maximum absolute atomic E-state index is 12.7. The molecule has 2 atom stereocenters. The topological polar surface area (TPSA) is 149 Å². The molecule has 2 N–H and O–H groups in total. The van der Waals surface area contributed by atoms with Gasteiger partial charge < -0.3 is 28.7 Å². The number of aliphatic imine (C=N–C) groups is 1. The fourth-order valence-corrected chi connectivity index (χ4v) is 5.23. The maximum atomic E-state index is 12.7. The van der Waals surface area contributed by atoms with Crippen molar-refractivity contribution in [3.8, 4) is 17.1 Å². The number of rotatable bonds is 5. The first-order valence-corrected chi connectivity index (χ1v) is 15.0. The molecular formula is C31H45N5O7. The number of nitrogens with one attached hydrogen (secondary N) is 1. The molecule has 43 heavy (non-hydrogen) atoms. The minimum Gasteiger partial charge on any atom is -0.493 e. The van der Waals surface area contributed by atoms with Gasteiger partial charge in [0.1, 0.15) is 23.0 Å². The van der Waals surface area contributed by atoms with E-state index in [9.17, 15) is 14.7 Å². The van der Waals surface area contributed by atoms with Crippen LogP contribution in [0.3, 0.4) is 0 Å². The summed E-state index contributed by atoms with van der Waals surface area (Å²) in [7, 11) is 0. The second-order valence-electron chi connectivity index (χ2n) is 13.3. The summed E-state index contributed by atoms with van der Waals surface area (Å²) in [6, 6.07) is 4.85. The minimum atomic E-state index is -0.935. The molecule has 1 aliphatic carbocycles. The van der Waals surface area contributed by atoms with E-state index in [0.717, 1.165) is 16.9 Å². The van der Waals surface area contributed by atoms with Crippen LogP contribution >= 0.6 is 0 Å². The summed E-state index contributed by atoms with van der Waals surface area (Å²) >= 11 is 0. The SMILES string of the molecule is Cc1cc(-c2noc([C@@H]3[C@@H](O)CCN3/C(=N/C(=O)OC(C)(C)C)NC(=O)OC(C)(C)C)n2)ccc1OCC1CCCCC1. The van der Waals surface area contributed by atoms with Gasteiger partial charge in [0.25, 0.3) is 5.89 Å². The molecule has 12 nitrogen and oxygen atoms in total. The molecule has 2 amide bonds. The summed E-state index contributed by atoms with van der Waals surface area (Å²) in [5, 5.41) is 17.6. The van der Waals surface area contributed by atoms with Crippen molar-refractivity contribution in [1.29, 1.82) is 0 Å². The van der Waals surface area contributed by atoms with Crippen LogP contribution in [-0.2, 0) is 9.47 Å². The third kappa shape index (κ3) is 9.16. The number of aliphatic hydroxyl groups excluding tert-OH is 1. The molecule has 12 heteroatoms. The second-order valence-corrected chi connectivity index (χ2v) is 13.3. The van der Waals surface area contributed by atoms with E-state index in [0.29, 0.717) is 24.8 Å². The summed E-state index contributed by atoms with van der Waals surface area (Å²) < 4.78 is 22.5. The van der Waals surface area contributed by atoms with Crippen LogP contribution in [0.25, 0.3) is 11.4 Å². The van der Waals surface area contributed by atoms with Crippen LogP contribution in [0.5, 0.6) is 5.75 Å². The number of aliphatic hydroxyl groups is 1. The fourth-order valence-electron chi connectivity index (χ4n) is 5.23. The molecule has 1 aromatic heterocycles. The van der Waals surface area contributed by atoms with Crippen molar-refractivity contribution >= 4 is 18.1 Å². The molecular weight excluding hydrogens is 554 g/mol. The van der Waals surface area contributed by atoms with E-state index < -0.39 is 35.5 Å². The molecule has 1 saturated heterocycles. The Hall–Kier alpha value is -3.67. The maximum Gasteiger partial charge on any atom is 0.437 e. The third-order valence-corrected chi connectivity index (χ3v) is 7.17.